The fourth-order valence-corrected chi connectivity index (χ4v) is 0.913. The van der Waals surface area contributed by atoms with Crippen molar-refractivity contribution >= 4 is 5.69 Å². The average molecular weight is 248 g/mol. The predicted octanol–water partition coefficient (Wildman–Crippen LogP) is 4.01. The Kier molecular flexibility index (Phi) is 3.84. The molecule has 0 unspecified atom stereocenters. The Hall–Kier alpha value is -1.47. The predicted molar refractivity (Wildman–Crippen MR) is 53.8 cm³/mol. The van der Waals surface area contributed by atoms with Gasteiger partial charge in [0.15, 0.2) is 0 Å². The van der Waals surface area contributed by atoms with E-state index in [1.54, 1.807) is 0 Å². The third kappa shape index (κ3) is 4.12. The summed E-state index contributed by atoms with van der Waals surface area (Å²) in [5.41, 5.74) is -1.75. The molecular formula is C10H11F3N2O2. The van der Waals surface area contributed by atoms with Crippen molar-refractivity contribution in [3.05, 3.63) is 29.8 Å². The molecule has 17 heavy (non-hydrogen) atoms. The van der Waals surface area contributed by atoms with Gasteiger partial charge in [0.1, 0.15) is 0 Å². The molecule has 0 spiro atoms. The first-order valence-electron chi connectivity index (χ1n) is 4.67. The molecule has 1 aromatic carbocycles. The van der Waals surface area contributed by atoms with Gasteiger partial charge < -0.3 is 0 Å². The van der Waals surface area contributed by atoms with E-state index in [1.165, 1.54) is 26.0 Å². The Morgan fingerprint density at radius 2 is 1.65 bits per heavy atom. The zero-order chi connectivity index (χ0) is 13.1. The fourth-order valence-electron chi connectivity index (χ4n) is 0.913. The summed E-state index contributed by atoms with van der Waals surface area (Å²) in [4.78, 5) is 4.00. The van der Waals surface area contributed by atoms with Gasteiger partial charge in [0, 0.05) is 0 Å². The lowest BCUT2D eigenvalue weighted by molar-refractivity contribution is -0.311. The summed E-state index contributed by atoms with van der Waals surface area (Å²) in [5.74, 6) is 0. The van der Waals surface area contributed by atoms with Crippen LogP contribution in [0, 0.1) is 0 Å². The highest BCUT2D eigenvalue weighted by Gasteiger charge is 2.29. The minimum Gasteiger partial charge on any atom is -0.249 e. The molecule has 1 N–H and O–H groups in total. The van der Waals surface area contributed by atoms with Gasteiger partial charge in [0.25, 0.3) is 0 Å². The van der Waals surface area contributed by atoms with Crippen LogP contribution in [0.4, 0.5) is 18.9 Å². The van der Waals surface area contributed by atoms with Crippen LogP contribution in [0.25, 0.3) is 0 Å². The number of benzene rings is 1. The van der Waals surface area contributed by atoms with E-state index in [0.717, 1.165) is 12.1 Å². The molecule has 0 amide bonds. The number of azo groups is 1. The van der Waals surface area contributed by atoms with Crippen molar-refractivity contribution in [1.82, 2.24) is 0 Å². The topological polar surface area (TPSA) is 54.2 Å². The molecule has 0 atom stereocenters. The van der Waals surface area contributed by atoms with Crippen LogP contribution in [0.1, 0.15) is 19.4 Å². The summed E-state index contributed by atoms with van der Waals surface area (Å²) < 4.78 is 36.7. The van der Waals surface area contributed by atoms with Crippen LogP contribution in [0.2, 0.25) is 0 Å². The summed E-state index contributed by atoms with van der Waals surface area (Å²) >= 11 is 0. The quantitative estimate of drug-likeness (QED) is 0.499. The number of nitrogens with zero attached hydrogens (tertiary/aromatic N) is 2. The molecule has 0 bridgehead atoms. The number of hydrogen-bond acceptors (Lipinski definition) is 4. The summed E-state index contributed by atoms with van der Waals surface area (Å²) in [7, 11) is 0. The second-order valence-corrected chi connectivity index (χ2v) is 3.78. The first-order chi connectivity index (χ1) is 7.74. The van der Waals surface area contributed by atoms with Gasteiger partial charge in [0.2, 0.25) is 5.72 Å². The zero-order valence-electron chi connectivity index (χ0n) is 9.19. The van der Waals surface area contributed by atoms with Crippen molar-refractivity contribution in [2.75, 3.05) is 0 Å². The maximum atomic E-state index is 12.2. The molecule has 0 heterocycles. The van der Waals surface area contributed by atoms with Crippen LogP contribution in [0.15, 0.2) is 34.5 Å². The van der Waals surface area contributed by atoms with Gasteiger partial charge in [-0.05, 0) is 38.1 Å². The lowest BCUT2D eigenvalue weighted by Crippen LogP contribution is -2.18. The van der Waals surface area contributed by atoms with Crippen molar-refractivity contribution in [1.29, 1.82) is 0 Å². The van der Waals surface area contributed by atoms with Gasteiger partial charge in [-0.15, -0.1) is 0 Å². The van der Waals surface area contributed by atoms with Crippen LogP contribution in [0.5, 0.6) is 0 Å². The molecule has 0 fully saturated rings. The third-order valence-corrected chi connectivity index (χ3v) is 1.82. The second-order valence-electron chi connectivity index (χ2n) is 3.78. The van der Waals surface area contributed by atoms with Gasteiger partial charge in [-0.1, -0.05) is 0 Å². The number of rotatable bonds is 3. The molecule has 4 nitrogen and oxygen atoms in total. The van der Waals surface area contributed by atoms with Crippen LogP contribution in [-0.2, 0) is 11.1 Å². The van der Waals surface area contributed by atoms with Crippen molar-refractivity contribution in [3.63, 3.8) is 0 Å². The average Bonchev–Trinajstić information content (AvgIpc) is 2.26. The number of halogens is 3. The highest BCUT2D eigenvalue weighted by molar-refractivity contribution is 5.38. The van der Waals surface area contributed by atoms with Gasteiger partial charge in [0.05, 0.1) is 11.3 Å². The van der Waals surface area contributed by atoms with Crippen LogP contribution >= 0.6 is 0 Å². The normalized spacial score (nSPS) is 13.3. The van der Waals surface area contributed by atoms with E-state index in [1.807, 2.05) is 0 Å². The van der Waals surface area contributed by atoms with E-state index in [0.29, 0.717) is 0 Å². The molecule has 0 aliphatic carbocycles. The second kappa shape index (κ2) is 4.80. The lowest BCUT2D eigenvalue weighted by atomic mass is 10.2. The van der Waals surface area contributed by atoms with Gasteiger partial charge >= 0.3 is 6.18 Å². The van der Waals surface area contributed by atoms with Gasteiger partial charge in [-0.25, -0.2) is 10.1 Å². The van der Waals surface area contributed by atoms with Crippen molar-refractivity contribution < 1.29 is 23.3 Å². The Balaban J connectivity index is 2.83. The molecule has 1 rings (SSSR count). The number of alkyl halides is 3. The molecule has 94 valence electrons. The lowest BCUT2D eigenvalue weighted by Gasteiger charge is -2.12. The molecule has 0 saturated heterocycles. The minimum absolute atomic E-state index is 0.239. The van der Waals surface area contributed by atoms with Crippen LogP contribution < -0.4 is 0 Å². The van der Waals surface area contributed by atoms with E-state index in [4.69, 9.17) is 5.26 Å². The SMILES string of the molecule is CC(C)(N=Nc1ccc(C(F)(F)F)cc1)OO. The molecule has 0 aromatic heterocycles. The smallest absolute Gasteiger partial charge is 0.249 e. The van der Waals surface area contributed by atoms with Gasteiger partial charge in [-0.3, -0.25) is 0 Å². The highest BCUT2D eigenvalue weighted by atomic mass is 19.4. The van der Waals surface area contributed by atoms with E-state index in [2.05, 4.69) is 15.1 Å². The Labute approximate surface area is 95.7 Å². The Bertz CT molecular complexity index is 399. The van der Waals surface area contributed by atoms with Crippen LogP contribution in [0.3, 0.4) is 0 Å². The summed E-state index contributed by atoms with van der Waals surface area (Å²) in [5, 5.41) is 15.7. The molecule has 1 aromatic rings. The van der Waals surface area contributed by atoms with E-state index < -0.39 is 17.5 Å². The van der Waals surface area contributed by atoms with Crippen molar-refractivity contribution in [2.24, 2.45) is 10.2 Å². The molecule has 7 heteroatoms. The summed E-state index contributed by atoms with van der Waals surface area (Å²) in [6, 6.07) is 4.17. The van der Waals surface area contributed by atoms with Crippen LogP contribution in [-0.4, -0.2) is 11.0 Å². The highest BCUT2D eigenvalue weighted by Crippen LogP contribution is 2.30. The summed E-state index contributed by atoms with van der Waals surface area (Å²) in [6.07, 6.45) is -4.37. The largest absolute Gasteiger partial charge is 0.416 e. The summed E-state index contributed by atoms with van der Waals surface area (Å²) in [6.45, 7) is 2.89. The Morgan fingerprint density at radius 1 is 1.12 bits per heavy atom. The Morgan fingerprint density at radius 3 is 2.06 bits per heavy atom. The monoisotopic (exact) mass is 248 g/mol. The van der Waals surface area contributed by atoms with E-state index in [-0.39, 0.29) is 5.69 Å². The molecule has 0 aliphatic heterocycles. The molecule has 0 aliphatic rings. The van der Waals surface area contributed by atoms with Gasteiger partial charge in [-0.2, -0.15) is 23.4 Å². The zero-order valence-corrected chi connectivity index (χ0v) is 9.19. The van der Waals surface area contributed by atoms with Crippen molar-refractivity contribution in [2.45, 2.75) is 25.7 Å². The molecular weight excluding hydrogens is 237 g/mol. The number of hydrogen-bond donors (Lipinski definition) is 1. The van der Waals surface area contributed by atoms with E-state index in [9.17, 15) is 13.2 Å². The van der Waals surface area contributed by atoms with Crippen molar-refractivity contribution in [3.8, 4) is 0 Å². The maximum Gasteiger partial charge on any atom is 0.416 e. The standard InChI is InChI=1S/C10H11F3N2O2/c1-9(2,17-16)15-14-8-5-3-7(4-6-8)10(11,12)13/h3-6,16H,1-2H3. The molecule has 0 radical (unpaired) electrons. The molecule has 0 saturated carbocycles. The maximum absolute atomic E-state index is 12.2. The third-order valence-electron chi connectivity index (χ3n) is 1.82. The fraction of sp³-hybridized carbons (Fsp3) is 0.400. The first kappa shape index (κ1) is 13.6. The minimum atomic E-state index is -4.37. The van der Waals surface area contributed by atoms with E-state index >= 15 is 0 Å². The first-order valence-corrected chi connectivity index (χ1v) is 4.67.